The van der Waals surface area contributed by atoms with Crippen LogP contribution in [0.4, 0.5) is 0 Å². The van der Waals surface area contributed by atoms with Crippen molar-refractivity contribution < 1.29 is 4.74 Å². The minimum atomic E-state index is 0.199. The van der Waals surface area contributed by atoms with Crippen LogP contribution in [0.1, 0.15) is 45.7 Å². The normalized spacial score (nSPS) is 25.7. The standard InChI is InChI=1S/C17H24N2OS/c1-5-20-16-9-15(17(16,3)4)19-11(2)12-8-14-13(18-10-12)6-7-21-14/h6-8,10-11,15-16,19H,5,9H2,1-4H3. The zero-order valence-electron chi connectivity index (χ0n) is 13.2. The van der Waals surface area contributed by atoms with Gasteiger partial charge in [0.2, 0.25) is 0 Å². The Bertz CT molecular complexity index is 622. The fourth-order valence-corrected chi connectivity index (χ4v) is 3.94. The van der Waals surface area contributed by atoms with Gasteiger partial charge in [0.15, 0.2) is 0 Å². The van der Waals surface area contributed by atoms with Crippen LogP contribution in [0.3, 0.4) is 0 Å². The molecule has 0 aromatic carbocycles. The molecule has 0 amide bonds. The Morgan fingerprint density at radius 1 is 1.52 bits per heavy atom. The molecule has 3 atom stereocenters. The average Bonchev–Trinajstić information content (AvgIpc) is 2.93. The van der Waals surface area contributed by atoms with Crippen LogP contribution in [0.25, 0.3) is 10.2 Å². The quantitative estimate of drug-likeness (QED) is 0.901. The topological polar surface area (TPSA) is 34.1 Å². The van der Waals surface area contributed by atoms with E-state index in [2.05, 4.69) is 55.5 Å². The molecule has 1 aliphatic rings. The van der Waals surface area contributed by atoms with Gasteiger partial charge in [-0.15, -0.1) is 11.3 Å². The van der Waals surface area contributed by atoms with E-state index in [4.69, 9.17) is 4.74 Å². The highest BCUT2D eigenvalue weighted by molar-refractivity contribution is 7.17. The predicted octanol–water partition coefficient (Wildman–Crippen LogP) is 4.15. The van der Waals surface area contributed by atoms with Gasteiger partial charge in [0, 0.05) is 30.3 Å². The summed E-state index contributed by atoms with van der Waals surface area (Å²) in [7, 11) is 0. The Labute approximate surface area is 130 Å². The zero-order chi connectivity index (χ0) is 15.0. The fourth-order valence-electron chi connectivity index (χ4n) is 3.15. The SMILES string of the molecule is CCOC1CC(NC(C)c2cnc3ccsc3c2)C1(C)C. The van der Waals surface area contributed by atoms with Gasteiger partial charge in [-0.25, -0.2) is 0 Å². The van der Waals surface area contributed by atoms with Crippen molar-refractivity contribution in [3.63, 3.8) is 0 Å². The molecule has 4 heteroatoms. The third-order valence-corrected chi connectivity index (χ3v) is 5.67. The summed E-state index contributed by atoms with van der Waals surface area (Å²) >= 11 is 1.75. The first-order valence-corrected chi connectivity index (χ1v) is 8.61. The molecule has 3 unspecified atom stereocenters. The lowest BCUT2D eigenvalue weighted by molar-refractivity contribution is -0.116. The maximum Gasteiger partial charge on any atom is 0.0809 e. The number of thiophene rings is 1. The van der Waals surface area contributed by atoms with E-state index in [1.165, 1.54) is 10.3 Å². The molecule has 3 rings (SSSR count). The van der Waals surface area contributed by atoms with Gasteiger partial charge < -0.3 is 10.1 Å². The average molecular weight is 304 g/mol. The highest BCUT2D eigenvalue weighted by atomic mass is 32.1. The lowest BCUT2D eigenvalue weighted by atomic mass is 9.64. The number of nitrogens with zero attached hydrogens (tertiary/aromatic N) is 1. The molecule has 2 heterocycles. The van der Waals surface area contributed by atoms with Crippen molar-refractivity contribution in [1.82, 2.24) is 10.3 Å². The van der Waals surface area contributed by atoms with Gasteiger partial charge in [0.1, 0.15) is 0 Å². The molecule has 2 aromatic heterocycles. The first-order chi connectivity index (χ1) is 10.0. The second-order valence-electron chi connectivity index (χ2n) is 6.51. The van der Waals surface area contributed by atoms with Crippen LogP contribution in [-0.4, -0.2) is 23.7 Å². The van der Waals surface area contributed by atoms with E-state index in [0.717, 1.165) is 18.5 Å². The largest absolute Gasteiger partial charge is 0.378 e. The monoisotopic (exact) mass is 304 g/mol. The van der Waals surface area contributed by atoms with Gasteiger partial charge in [-0.1, -0.05) is 13.8 Å². The highest BCUT2D eigenvalue weighted by Crippen LogP contribution is 2.43. The molecule has 0 aliphatic heterocycles. The third-order valence-electron chi connectivity index (χ3n) is 4.82. The molecule has 1 fully saturated rings. The van der Waals surface area contributed by atoms with Crippen LogP contribution in [0.15, 0.2) is 23.7 Å². The smallest absolute Gasteiger partial charge is 0.0809 e. The summed E-state index contributed by atoms with van der Waals surface area (Å²) in [6.07, 6.45) is 3.48. The molecule has 3 nitrogen and oxygen atoms in total. The zero-order valence-corrected chi connectivity index (χ0v) is 14.0. The van der Waals surface area contributed by atoms with E-state index in [-0.39, 0.29) is 5.41 Å². The van der Waals surface area contributed by atoms with E-state index in [1.807, 2.05) is 6.20 Å². The van der Waals surface area contributed by atoms with Crippen molar-refractivity contribution in [3.05, 3.63) is 29.3 Å². The number of ether oxygens (including phenoxy) is 1. The summed E-state index contributed by atoms with van der Waals surface area (Å²) in [6, 6.07) is 5.15. The first kappa shape index (κ1) is 14.9. The van der Waals surface area contributed by atoms with Crippen LogP contribution in [0.2, 0.25) is 0 Å². The first-order valence-electron chi connectivity index (χ1n) is 7.73. The van der Waals surface area contributed by atoms with Crippen LogP contribution >= 0.6 is 11.3 Å². The predicted molar refractivity (Wildman–Crippen MR) is 88.8 cm³/mol. The maximum atomic E-state index is 5.81. The summed E-state index contributed by atoms with van der Waals surface area (Å²) in [5.74, 6) is 0. The minimum Gasteiger partial charge on any atom is -0.378 e. The maximum absolute atomic E-state index is 5.81. The van der Waals surface area contributed by atoms with E-state index in [9.17, 15) is 0 Å². The summed E-state index contributed by atoms with van der Waals surface area (Å²) in [5.41, 5.74) is 2.56. The summed E-state index contributed by atoms with van der Waals surface area (Å²) in [6.45, 7) is 9.68. The lowest BCUT2D eigenvalue weighted by Gasteiger charge is -2.52. The molecular weight excluding hydrogens is 280 g/mol. The number of aromatic nitrogens is 1. The molecule has 0 saturated heterocycles. The molecule has 0 radical (unpaired) electrons. The summed E-state index contributed by atoms with van der Waals surface area (Å²) < 4.78 is 7.07. The molecular formula is C17H24N2OS. The van der Waals surface area contributed by atoms with Gasteiger partial charge in [0.05, 0.1) is 16.3 Å². The van der Waals surface area contributed by atoms with E-state index in [1.54, 1.807) is 11.3 Å². The molecule has 21 heavy (non-hydrogen) atoms. The van der Waals surface area contributed by atoms with Crippen LogP contribution in [-0.2, 0) is 4.74 Å². The number of rotatable bonds is 5. The minimum absolute atomic E-state index is 0.199. The molecule has 0 bridgehead atoms. The lowest BCUT2D eigenvalue weighted by Crippen LogP contribution is -2.61. The Morgan fingerprint density at radius 3 is 3.05 bits per heavy atom. The highest BCUT2D eigenvalue weighted by Gasteiger charge is 2.49. The van der Waals surface area contributed by atoms with Crippen molar-refractivity contribution in [2.45, 2.75) is 52.3 Å². The molecule has 1 aliphatic carbocycles. The van der Waals surface area contributed by atoms with Gasteiger partial charge >= 0.3 is 0 Å². The summed E-state index contributed by atoms with van der Waals surface area (Å²) in [5, 5.41) is 5.85. The number of nitrogens with one attached hydrogen (secondary N) is 1. The van der Waals surface area contributed by atoms with Gasteiger partial charge in [-0.05, 0) is 43.3 Å². The molecule has 1 N–H and O–H groups in total. The van der Waals surface area contributed by atoms with Crippen molar-refractivity contribution in [2.24, 2.45) is 5.41 Å². The van der Waals surface area contributed by atoms with Crippen molar-refractivity contribution in [1.29, 1.82) is 0 Å². The second-order valence-corrected chi connectivity index (χ2v) is 7.46. The van der Waals surface area contributed by atoms with Crippen LogP contribution < -0.4 is 5.32 Å². The molecule has 2 aromatic rings. The van der Waals surface area contributed by atoms with Crippen LogP contribution in [0, 0.1) is 5.41 Å². The molecule has 1 saturated carbocycles. The number of fused-ring (bicyclic) bond motifs is 1. The van der Waals surface area contributed by atoms with E-state index in [0.29, 0.717) is 18.2 Å². The number of hydrogen-bond acceptors (Lipinski definition) is 4. The number of pyridine rings is 1. The van der Waals surface area contributed by atoms with E-state index < -0.39 is 0 Å². The van der Waals surface area contributed by atoms with E-state index >= 15 is 0 Å². The van der Waals surface area contributed by atoms with Crippen LogP contribution in [0.5, 0.6) is 0 Å². The van der Waals surface area contributed by atoms with Gasteiger partial charge in [-0.3, -0.25) is 4.98 Å². The van der Waals surface area contributed by atoms with Gasteiger partial charge in [0.25, 0.3) is 0 Å². The Hall–Kier alpha value is -0.970. The second kappa shape index (κ2) is 5.67. The molecule has 114 valence electrons. The Morgan fingerprint density at radius 2 is 2.33 bits per heavy atom. The van der Waals surface area contributed by atoms with Gasteiger partial charge in [-0.2, -0.15) is 0 Å². The van der Waals surface area contributed by atoms with Crippen molar-refractivity contribution >= 4 is 21.6 Å². The Kier molecular flexibility index (Phi) is 4.04. The fraction of sp³-hybridized carbons (Fsp3) is 0.588. The molecule has 0 spiro atoms. The third kappa shape index (κ3) is 2.72. The van der Waals surface area contributed by atoms with Crippen molar-refractivity contribution in [2.75, 3.05) is 6.61 Å². The van der Waals surface area contributed by atoms with Crippen molar-refractivity contribution in [3.8, 4) is 0 Å². The number of hydrogen-bond donors (Lipinski definition) is 1. The Balaban J connectivity index is 1.68. The summed E-state index contributed by atoms with van der Waals surface area (Å²) in [4.78, 5) is 4.54.